The van der Waals surface area contributed by atoms with Crippen LogP contribution in [0.1, 0.15) is 23.3 Å². The number of piperidine rings is 1. The van der Waals surface area contributed by atoms with Gasteiger partial charge in [-0.05, 0) is 25.0 Å². The van der Waals surface area contributed by atoms with Crippen molar-refractivity contribution >= 4 is 17.8 Å². The van der Waals surface area contributed by atoms with Crippen molar-refractivity contribution in [1.29, 1.82) is 0 Å². The molecule has 4 rings (SSSR count). The molecular weight excluding hydrogens is 314 g/mol. The average molecular weight is 329 g/mol. The van der Waals surface area contributed by atoms with Crippen LogP contribution < -0.4 is 10.6 Å². The Balaban J connectivity index is 1.45. The number of carbonyl (C=O) groups excluding carboxylic acids is 3. The van der Waals surface area contributed by atoms with Crippen LogP contribution in [-0.4, -0.2) is 51.6 Å². The van der Waals surface area contributed by atoms with Gasteiger partial charge >= 0.3 is 6.03 Å². The summed E-state index contributed by atoms with van der Waals surface area (Å²) in [6.07, 6.45) is 2.31. The van der Waals surface area contributed by atoms with Crippen molar-refractivity contribution < 1.29 is 18.8 Å². The first-order valence-corrected chi connectivity index (χ1v) is 7.60. The fraction of sp³-hybridized carbons (Fsp3) is 0.333. The number of amides is 4. The van der Waals surface area contributed by atoms with Crippen LogP contribution in [0, 0.1) is 0 Å². The molecule has 0 bridgehead atoms. The summed E-state index contributed by atoms with van der Waals surface area (Å²) in [4.78, 5) is 37.4. The highest BCUT2D eigenvalue weighted by Gasteiger charge is 2.48. The Morgan fingerprint density at radius 3 is 2.71 bits per heavy atom. The highest BCUT2D eigenvalue weighted by Crippen LogP contribution is 2.26. The zero-order valence-electron chi connectivity index (χ0n) is 12.7. The Morgan fingerprint density at radius 2 is 2.08 bits per heavy atom. The number of likely N-dealkylation sites (tertiary alicyclic amines) is 1. The van der Waals surface area contributed by atoms with Crippen molar-refractivity contribution in [3.63, 3.8) is 0 Å². The molecule has 0 unspecified atom stereocenters. The van der Waals surface area contributed by atoms with Gasteiger partial charge in [0.15, 0.2) is 11.5 Å². The molecule has 2 saturated heterocycles. The van der Waals surface area contributed by atoms with Crippen molar-refractivity contribution in [2.45, 2.75) is 18.4 Å². The number of carbonyl (C=O) groups is 3. The average Bonchev–Trinajstić information content (AvgIpc) is 3.29. The molecule has 0 aliphatic carbocycles. The third-order valence-electron chi connectivity index (χ3n) is 4.50. The van der Waals surface area contributed by atoms with E-state index in [-0.39, 0.29) is 17.5 Å². The molecule has 2 aliphatic rings. The number of H-pyrrole nitrogens is 1. The molecule has 124 valence electrons. The van der Waals surface area contributed by atoms with Crippen molar-refractivity contribution in [2.24, 2.45) is 0 Å². The van der Waals surface area contributed by atoms with E-state index in [1.165, 1.54) is 0 Å². The van der Waals surface area contributed by atoms with Crippen molar-refractivity contribution in [3.05, 3.63) is 30.2 Å². The normalized spacial score (nSPS) is 19.4. The molecule has 2 aromatic rings. The second-order valence-corrected chi connectivity index (χ2v) is 5.93. The minimum absolute atomic E-state index is 0.219. The van der Waals surface area contributed by atoms with Gasteiger partial charge in [0.05, 0.1) is 6.26 Å². The van der Waals surface area contributed by atoms with Gasteiger partial charge in [-0.15, -0.1) is 0 Å². The quantitative estimate of drug-likeness (QED) is 0.692. The van der Waals surface area contributed by atoms with Gasteiger partial charge in [-0.1, -0.05) is 0 Å². The number of urea groups is 1. The van der Waals surface area contributed by atoms with E-state index in [0.717, 1.165) is 0 Å². The summed E-state index contributed by atoms with van der Waals surface area (Å²) < 4.78 is 5.26. The second-order valence-electron chi connectivity index (χ2n) is 5.93. The Bertz CT molecular complexity index is 802. The molecule has 2 aromatic heterocycles. The lowest BCUT2D eigenvalue weighted by atomic mass is 9.87. The van der Waals surface area contributed by atoms with Crippen LogP contribution in [0.2, 0.25) is 0 Å². The minimum atomic E-state index is -0.890. The molecule has 2 aliphatic heterocycles. The Morgan fingerprint density at radius 1 is 1.29 bits per heavy atom. The SMILES string of the molecule is O=C1NC(=O)C2(CCN(C(=O)c3cc(-c4ccco4)[nH]n3)CC2)N1. The van der Waals surface area contributed by atoms with Gasteiger partial charge in [0.25, 0.3) is 11.8 Å². The van der Waals surface area contributed by atoms with Crippen LogP contribution in [0.3, 0.4) is 0 Å². The van der Waals surface area contributed by atoms with E-state index in [1.54, 1.807) is 29.4 Å². The predicted molar refractivity (Wildman–Crippen MR) is 80.8 cm³/mol. The number of hydrogen-bond acceptors (Lipinski definition) is 5. The van der Waals surface area contributed by atoms with Gasteiger partial charge in [-0.2, -0.15) is 5.10 Å². The Kier molecular flexibility index (Phi) is 3.15. The molecule has 1 spiro atoms. The summed E-state index contributed by atoms with van der Waals surface area (Å²) in [6.45, 7) is 0.741. The van der Waals surface area contributed by atoms with Crippen LogP contribution in [0.5, 0.6) is 0 Å². The summed E-state index contributed by atoms with van der Waals surface area (Å²) in [5.41, 5.74) is 0.0233. The van der Waals surface area contributed by atoms with E-state index >= 15 is 0 Å². The lowest BCUT2D eigenvalue weighted by Crippen LogP contribution is -2.55. The zero-order chi connectivity index (χ0) is 16.7. The van der Waals surface area contributed by atoms with E-state index < -0.39 is 11.6 Å². The van der Waals surface area contributed by atoms with E-state index in [2.05, 4.69) is 20.8 Å². The van der Waals surface area contributed by atoms with Gasteiger partial charge in [-0.25, -0.2) is 4.79 Å². The first-order valence-electron chi connectivity index (χ1n) is 7.60. The van der Waals surface area contributed by atoms with E-state index in [1.807, 2.05) is 0 Å². The van der Waals surface area contributed by atoms with Crippen LogP contribution in [0.25, 0.3) is 11.5 Å². The second kappa shape index (κ2) is 5.22. The standard InChI is InChI=1S/C15H15N5O4/c21-12(10-8-9(18-19-10)11-2-1-7-24-11)20-5-3-15(4-6-20)13(22)16-14(23)17-15/h1-2,7-8H,3-6H2,(H,18,19)(H2,16,17,22,23). The molecule has 3 N–H and O–H groups in total. The number of nitrogens with one attached hydrogen (secondary N) is 3. The maximum Gasteiger partial charge on any atom is 0.322 e. The third kappa shape index (κ3) is 2.25. The number of aromatic amines is 1. The first-order chi connectivity index (χ1) is 11.6. The monoisotopic (exact) mass is 329 g/mol. The van der Waals surface area contributed by atoms with Crippen molar-refractivity contribution in [1.82, 2.24) is 25.7 Å². The smallest absolute Gasteiger partial charge is 0.322 e. The highest BCUT2D eigenvalue weighted by molar-refractivity contribution is 6.07. The molecule has 0 saturated carbocycles. The number of imide groups is 1. The molecule has 9 nitrogen and oxygen atoms in total. The summed E-state index contributed by atoms with van der Waals surface area (Å²) in [5, 5.41) is 11.7. The molecule has 4 heterocycles. The number of aromatic nitrogens is 2. The zero-order valence-corrected chi connectivity index (χ0v) is 12.7. The van der Waals surface area contributed by atoms with Gasteiger partial charge < -0.3 is 14.6 Å². The maximum absolute atomic E-state index is 12.6. The molecule has 0 radical (unpaired) electrons. The molecule has 0 atom stereocenters. The summed E-state index contributed by atoms with van der Waals surface area (Å²) in [6, 6.07) is 4.68. The molecule has 24 heavy (non-hydrogen) atoms. The van der Waals surface area contributed by atoms with Crippen molar-refractivity contribution in [2.75, 3.05) is 13.1 Å². The van der Waals surface area contributed by atoms with Crippen LogP contribution in [-0.2, 0) is 4.79 Å². The molecule has 4 amide bonds. The number of hydrogen-bond donors (Lipinski definition) is 3. The predicted octanol–water partition coefficient (Wildman–Crippen LogP) is 0.484. The number of nitrogens with zero attached hydrogens (tertiary/aromatic N) is 2. The fourth-order valence-electron chi connectivity index (χ4n) is 3.12. The summed E-state index contributed by atoms with van der Waals surface area (Å²) >= 11 is 0. The lowest BCUT2D eigenvalue weighted by Gasteiger charge is -2.36. The van der Waals surface area contributed by atoms with Gasteiger partial charge in [0.1, 0.15) is 11.2 Å². The van der Waals surface area contributed by atoms with E-state index in [9.17, 15) is 14.4 Å². The number of rotatable bonds is 2. The fourth-order valence-corrected chi connectivity index (χ4v) is 3.12. The van der Waals surface area contributed by atoms with Gasteiger partial charge in [0, 0.05) is 19.2 Å². The Hall–Kier alpha value is -3.10. The van der Waals surface area contributed by atoms with Crippen LogP contribution in [0.15, 0.2) is 28.9 Å². The van der Waals surface area contributed by atoms with Gasteiger partial charge in [0.2, 0.25) is 0 Å². The van der Waals surface area contributed by atoms with Crippen LogP contribution >= 0.6 is 0 Å². The third-order valence-corrected chi connectivity index (χ3v) is 4.50. The largest absolute Gasteiger partial charge is 0.463 e. The maximum atomic E-state index is 12.6. The topological polar surface area (TPSA) is 120 Å². The van der Waals surface area contributed by atoms with Gasteiger partial charge in [-0.3, -0.25) is 20.0 Å². The number of furan rings is 1. The first kappa shape index (κ1) is 14.5. The molecule has 9 heteroatoms. The Labute approximate surface area is 136 Å². The summed E-state index contributed by atoms with van der Waals surface area (Å²) in [5.74, 6) is 0.0626. The lowest BCUT2D eigenvalue weighted by molar-refractivity contribution is -0.125. The minimum Gasteiger partial charge on any atom is -0.463 e. The van der Waals surface area contributed by atoms with Crippen molar-refractivity contribution in [3.8, 4) is 11.5 Å². The van der Waals surface area contributed by atoms with E-state index in [4.69, 9.17) is 4.42 Å². The highest BCUT2D eigenvalue weighted by atomic mass is 16.3. The molecule has 0 aromatic carbocycles. The molecule has 2 fully saturated rings. The van der Waals surface area contributed by atoms with E-state index in [0.29, 0.717) is 37.4 Å². The molecular formula is C15H15N5O4. The summed E-state index contributed by atoms with van der Waals surface area (Å²) in [7, 11) is 0. The van der Waals surface area contributed by atoms with Crippen LogP contribution in [0.4, 0.5) is 4.79 Å².